The number of hydrogen-bond donors (Lipinski definition) is 1. The summed E-state index contributed by atoms with van der Waals surface area (Å²) in [5.74, 6) is 0.916. The lowest BCUT2D eigenvalue weighted by atomic mass is 10.2. The summed E-state index contributed by atoms with van der Waals surface area (Å²) < 4.78 is 11.2. The van der Waals surface area contributed by atoms with Crippen LogP contribution in [0.25, 0.3) is 0 Å². The number of hydrogen-bond acceptors (Lipinski definition) is 5. The zero-order valence-corrected chi connectivity index (χ0v) is 15.6. The maximum absolute atomic E-state index is 12.4. The van der Waals surface area contributed by atoms with Crippen LogP contribution in [0.5, 0.6) is 11.5 Å². The molecule has 0 fully saturated rings. The maximum atomic E-state index is 12.4. The Hall–Kier alpha value is -3.87. The molecule has 3 aromatic rings. The first-order valence-corrected chi connectivity index (χ1v) is 9.17. The average Bonchev–Trinajstić information content (AvgIpc) is 2.76. The Morgan fingerprint density at radius 1 is 1.10 bits per heavy atom. The van der Waals surface area contributed by atoms with Gasteiger partial charge in [-0.05, 0) is 42.5 Å². The second kappa shape index (κ2) is 8.43. The normalized spacial score (nSPS) is 12.7. The van der Waals surface area contributed by atoms with Crippen LogP contribution in [0.15, 0.2) is 73.1 Å². The molecule has 7 heteroatoms. The van der Waals surface area contributed by atoms with Gasteiger partial charge in [-0.1, -0.05) is 18.2 Å². The second-order valence-corrected chi connectivity index (χ2v) is 6.37. The number of carbonyl (C=O) groups excluding carboxylic acids is 2. The first kappa shape index (κ1) is 18.5. The van der Waals surface area contributed by atoms with Crippen molar-refractivity contribution in [3.63, 3.8) is 0 Å². The first-order chi connectivity index (χ1) is 14.2. The molecule has 1 aliphatic heterocycles. The number of nitrogens with zero attached hydrogens (tertiary/aromatic N) is 2. The van der Waals surface area contributed by atoms with E-state index >= 15 is 0 Å². The summed E-state index contributed by atoms with van der Waals surface area (Å²) in [5.41, 5.74) is 1.67. The molecule has 0 saturated carbocycles. The number of anilines is 2. The smallest absolute Gasteiger partial charge is 0.265 e. The fraction of sp³-hybridized carbons (Fsp3) is 0.136. The zero-order chi connectivity index (χ0) is 20.1. The number of benzene rings is 2. The molecular weight excluding hydrogens is 370 g/mol. The highest BCUT2D eigenvalue weighted by molar-refractivity contribution is 6.05. The molecule has 7 nitrogen and oxygen atoms in total. The Kier molecular flexibility index (Phi) is 5.38. The molecule has 2 amide bonds. The molecule has 0 radical (unpaired) electrons. The number of ether oxygens (including phenoxy) is 2. The molecule has 29 heavy (non-hydrogen) atoms. The molecule has 1 aromatic heterocycles. The summed E-state index contributed by atoms with van der Waals surface area (Å²) in [7, 11) is 0. The minimum Gasteiger partial charge on any atom is -0.492 e. The third-order valence-electron chi connectivity index (χ3n) is 4.43. The van der Waals surface area contributed by atoms with E-state index < -0.39 is 0 Å². The van der Waals surface area contributed by atoms with Gasteiger partial charge in [-0.2, -0.15) is 0 Å². The van der Waals surface area contributed by atoms with Crippen molar-refractivity contribution in [2.75, 3.05) is 30.0 Å². The SMILES string of the molecule is O=C(Nc1ccc2c(c1)N(CCOc1ccccc1)C(=O)CO2)c1ccncc1. The molecule has 2 aromatic carbocycles. The zero-order valence-electron chi connectivity index (χ0n) is 15.6. The van der Waals surface area contributed by atoms with Crippen molar-refractivity contribution >= 4 is 23.2 Å². The lowest BCUT2D eigenvalue weighted by Crippen LogP contribution is -2.41. The largest absolute Gasteiger partial charge is 0.492 e. The van der Waals surface area contributed by atoms with Gasteiger partial charge >= 0.3 is 0 Å². The summed E-state index contributed by atoms with van der Waals surface area (Å²) in [6, 6.07) is 17.9. The molecule has 0 spiro atoms. The van der Waals surface area contributed by atoms with Gasteiger partial charge in [-0.3, -0.25) is 14.6 Å². The van der Waals surface area contributed by atoms with Crippen molar-refractivity contribution in [2.24, 2.45) is 0 Å². The third kappa shape index (κ3) is 4.35. The van der Waals surface area contributed by atoms with Crippen molar-refractivity contribution < 1.29 is 19.1 Å². The highest BCUT2D eigenvalue weighted by Crippen LogP contribution is 2.34. The number of fused-ring (bicyclic) bond motifs is 1. The molecule has 0 unspecified atom stereocenters. The molecule has 0 bridgehead atoms. The highest BCUT2D eigenvalue weighted by Gasteiger charge is 2.26. The van der Waals surface area contributed by atoms with Crippen LogP contribution in [0, 0.1) is 0 Å². The van der Waals surface area contributed by atoms with Gasteiger partial charge in [0.15, 0.2) is 6.61 Å². The van der Waals surface area contributed by atoms with Gasteiger partial charge in [0.2, 0.25) is 0 Å². The lowest BCUT2D eigenvalue weighted by molar-refractivity contribution is -0.121. The minimum absolute atomic E-state index is 0.0267. The Morgan fingerprint density at radius 3 is 2.69 bits per heavy atom. The van der Waals surface area contributed by atoms with Gasteiger partial charge < -0.3 is 19.7 Å². The molecule has 2 heterocycles. The minimum atomic E-state index is -0.255. The van der Waals surface area contributed by atoms with Gasteiger partial charge in [0.05, 0.1) is 12.2 Å². The summed E-state index contributed by atoms with van der Waals surface area (Å²) in [6.07, 6.45) is 3.12. The molecule has 4 rings (SSSR count). The van der Waals surface area contributed by atoms with Gasteiger partial charge in [-0.15, -0.1) is 0 Å². The molecule has 1 N–H and O–H groups in total. The fourth-order valence-corrected chi connectivity index (χ4v) is 3.00. The Bertz CT molecular complexity index is 1010. The maximum Gasteiger partial charge on any atom is 0.265 e. The molecule has 0 saturated heterocycles. The average molecular weight is 389 g/mol. The van der Waals surface area contributed by atoms with E-state index in [1.54, 1.807) is 47.6 Å². The summed E-state index contributed by atoms with van der Waals surface area (Å²) >= 11 is 0. The van der Waals surface area contributed by atoms with E-state index in [4.69, 9.17) is 9.47 Å². The molecular formula is C22H19N3O4. The van der Waals surface area contributed by atoms with Crippen molar-refractivity contribution in [2.45, 2.75) is 0 Å². The van der Waals surface area contributed by atoms with E-state index in [9.17, 15) is 9.59 Å². The van der Waals surface area contributed by atoms with Crippen molar-refractivity contribution in [1.29, 1.82) is 0 Å². The molecule has 1 aliphatic rings. The van der Waals surface area contributed by atoms with Crippen LogP contribution >= 0.6 is 0 Å². The quantitative estimate of drug-likeness (QED) is 0.701. The van der Waals surface area contributed by atoms with E-state index in [-0.39, 0.29) is 18.4 Å². The number of rotatable bonds is 6. The number of pyridine rings is 1. The van der Waals surface area contributed by atoms with Crippen LogP contribution < -0.4 is 19.7 Å². The van der Waals surface area contributed by atoms with Crippen LogP contribution in [0.1, 0.15) is 10.4 Å². The Balaban J connectivity index is 1.48. The second-order valence-electron chi connectivity index (χ2n) is 6.37. The van der Waals surface area contributed by atoms with Crippen LogP contribution in [-0.4, -0.2) is 36.6 Å². The number of para-hydroxylation sites is 1. The first-order valence-electron chi connectivity index (χ1n) is 9.17. The van der Waals surface area contributed by atoms with E-state index in [0.29, 0.717) is 35.8 Å². The predicted molar refractivity (Wildman–Crippen MR) is 108 cm³/mol. The summed E-state index contributed by atoms with van der Waals surface area (Å²) in [4.78, 5) is 30.3. The Labute approximate surface area is 167 Å². The van der Waals surface area contributed by atoms with Gasteiger partial charge in [0, 0.05) is 23.6 Å². The number of nitrogens with one attached hydrogen (secondary N) is 1. The third-order valence-corrected chi connectivity index (χ3v) is 4.43. The molecule has 0 aliphatic carbocycles. The van der Waals surface area contributed by atoms with Crippen LogP contribution in [0.2, 0.25) is 0 Å². The number of amides is 2. The predicted octanol–water partition coefficient (Wildman–Crippen LogP) is 3.14. The van der Waals surface area contributed by atoms with Crippen LogP contribution in [0.3, 0.4) is 0 Å². The van der Waals surface area contributed by atoms with Crippen LogP contribution in [-0.2, 0) is 4.79 Å². The lowest BCUT2D eigenvalue weighted by Gasteiger charge is -2.29. The van der Waals surface area contributed by atoms with E-state index in [1.807, 2.05) is 30.3 Å². The standard InChI is InChI=1S/C22H19N3O4/c26-21-15-29-20-7-6-17(24-22(27)16-8-10-23-11-9-16)14-19(20)25(21)12-13-28-18-4-2-1-3-5-18/h1-11,14H,12-13,15H2,(H,24,27). The fourth-order valence-electron chi connectivity index (χ4n) is 3.00. The van der Waals surface area contributed by atoms with E-state index in [2.05, 4.69) is 10.3 Å². The van der Waals surface area contributed by atoms with Crippen molar-refractivity contribution in [3.8, 4) is 11.5 Å². The summed E-state index contributed by atoms with van der Waals surface area (Å²) in [5, 5.41) is 2.83. The number of aromatic nitrogens is 1. The van der Waals surface area contributed by atoms with Gasteiger partial charge in [-0.25, -0.2) is 0 Å². The molecule has 146 valence electrons. The monoisotopic (exact) mass is 389 g/mol. The summed E-state index contributed by atoms with van der Waals surface area (Å²) in [6.45, 7) is 0.676. The van der Waals surface area contributed by atoms with Crippen molar-refractivity contribution in [1.82, 2.24) is 4.98 Å². The highest BCUT2D eigenvalue weighted by atomic mass is 16.5. The van der Waals surface area contributed by atoms with Gasteiger partial charge in [0.1, 0.15) is 18.1 Å². The van der Waals surface area contributed by atoms with Gasteiger partial charge in [0.25, 0.3) is 11.8 Å². The molecule has 0 atom stereocenters. The van der Waals surface area contributed by atoms with E-state index in [0.717, 1.165) is 5.75 Å². The van der Waals surface area contributed by atoms with Crippen molar-refractivity contribution in [3.05, 3.63) is 78.6 Å². The number of carbonyl (C=O) groups is 2. The Morgan fingerprint density at radius 2 is 1.90 bits per heavy atom. The topological polar surface area (TPSA) is 80.8 Å². The van der Waals surface area contributed by atoms with E-state index in [1.165, 1.54) is 0 Å². The van der Waals surface area contributed by atoms with Crippen LogP contribution in [0.4, 0.5) is 11.4 Å².